The molecule has 0 radical (unpaired) electrons. The maximum Gasteiger partial charge on any atom is 0.145 e. The molecule has 4 nitrogen and oxygen atoms in total. The number of aromatic nitrogens is 2. The van der Waals surface area contributed by atoms with E-state index >= 15 is 0 Å². The predicted octanol–water partition coefficient (Wildman–Crippen LogP) is 1.72. The van der Waals surface area contributed by atoms with E-state index in [1.165, 1.54) is 11.8 Å². The van der Waals surface area contributed by atoms with Gasteiger partial charge in [-0.3, -0.25) is 0 Å². The lowest BCUT2D eigenvalue weighted by atomic mass is 10.1. The van der Waals surface area contributed by atoms with Crippen molar-refractivity contribution >= 4 is 5.82 Å². The van der Waals surface area contributed by atoms with Gasteiger partial charge in [-0.15, -0.1) is 0 Å². The SMILES string of the molecule is N#Cc1cnc(CCc2ccccc2)nc1N. The van der Waals surface area contributed by atoms with Crippen LogP contribution in [-0.4, -0.2) is 9.97 Å². The summed E-state index contributed by atoms with van der Waals surface area (Å²) < 4.78 is 0. The Hall–Kier alpha value is -2.41. The van der Waals surface area contributed by atoms with E-state index in [0.717, 1.165) is 12.8 Å². The average molecular weight is 224 g/mol. The summed E-state index contributed by atoms with van der Waals surface area (Å²) in [5.74, 6) is 0.927. The molecule has 0 spiro atoms. The van der Waals surface area contributed by atoms with Crippen LogP contribution in [0.2, 0.25) is 0 Å². The van der Waals surface area contributed by atoms with Crippen LogP contribution in [-0.2, 0) is 12.8 Å². The number of nitrogens with zero attached hydrogens (tertiary/aromatic N) is 3. The number of hydrogen-bond acceptors (Lipinski definition) is 4. The summed E-state index contributed by atoms with van der Waals surface area (Å²) in [7, 11) is 0. The number of nitrogens with two attached hydrogens (primary N) is 1. The van der Waals surface area contributed by atoms with Gasteiger partial charge in [-0.2, -0.15) is 5.26 Å². The average Bonchev–Trinajstić information content (AvgIpc) is 2.38. The van der Waals surface area contributed by atoms with Gasteiger partial charge in [-0.1, -0.05) is 30.3 Å². The Kier molecular flexibility index (Phi) is 3.31. The lowest BCUT2D eigenvalue weighted by Crippen LogP contribution is -2.03. The molecule has 0 bridgehead atoms. The first-order valence-corrected chi connectivity index (χ1v) is 5.35. The van der Waals surface area contributed by atoms with E-state index < -0.39 is 0 Å². The summed E-state index contributed by atoms with van der Waals surface area (Å²) in [6, 6.07) is 12.1. The number of rotatable bonds is 3. The molecule has 0 amide bonds. The second-order valence-corrected chi connectivity index (χ2v) is 3.68. The fraction of sp³-hybridized carbons (Fsp3) is 0.154. The number of nitriles is 1. The van der Waals surface area contributed by atoms with Gasteiger partial charge in [0.1, 0.15) is 23.3 Å². The molecule has 0 atom stereocenters. The number of aryl methyl sites for hydroxylation is 2. The van der Waals surface area contributed by atoms with Gasteiger partial charge in [0, 0.05) is 6.42 Å². The Morgan fingerprint density at radius 3 is 2.59 bits per heavy atom. The van der Waals surface area contributed by atoms with Crippen molar-refractivity contribution in [3.05, 3.63) is 53.5 Å². The van der Waals surface area contributed by atoms with Crippen LogP contribution < -0.4 is 5.73 Å². The van der Waals surface area contributed by atoms with E-state index in [4.69, 9.17) is 11.0 Å². The van der Waals surface area contributed by atoms with Crippen LogP contribution in [0.1, 0.15) is 17.0 Å². The third-order valence-electron chi connectivity index (χ3n) is 2.47. The molecule has 1 aromatic heterocycles. The summed E-state index contributed by atoms with van der Waals surface area (Å²) in [5.41, 5.74) is 7.19. The summed E-state index contributed by atoms with van der Waals surface area (Å²) in [4.78, 5) is 8.22. The van der Waals surface area contributed by atoms with Crippen LogP contribution in [0.15, 0.2) is 36.5 Å². The lowest BCUT2D eigenvalue weighted by Gasteiger charge is -2.02. The Morgan fingerprint density at radius 2 is 1.94 bits per heavy atom. The van der Waals surface area contributed by atoms with Crippen LogP contribution in [0.25, 0.3) is 0 Å². The van der Waals surface area contributed by atoms with Crippen LogP contribution in [0.4, 0.5) is 5.82 Å². The zero-order chi connectivity index (χ0) is 12.1. The van der Waals surface area contributed by atoms with E-state index in [-0.39, 0.29) is 5.82 Å². The summed E-state index contributed by atoms with van der Waals surface area (Å²) >= 11 is 0. The topological polar surface area (TPSA) is 75.6 Å². The summed E-state index contributed by atoms with van der Waals surface area (Å²) in [5, 5.41) is 8.71. The van der Waals surface area contributed by atoms with Crippen molar-refractivity contribution < 1.29 is 0 Å². The van der Waals surface area contributed by atoms with Crippen molar-refractivity contribution in [2.24, 2.45) is 0 Å². The first-order valence-electron chi connectivity index (χ1n) is 5.35. The van der Waals surface area contributed by atoms with Gasteiger partial charge in [-0.25, -0.2) is 9.97 Å². The highest BCUT2D eigenvalue weighted by atomic mass is 14.9. The highest BCUT2D eigenvalue weighted by Gasteiger charge is 2.03. The lowest BCUT2D eigenvalue weighted by molar-refractivity contribution is 0.859. The van der Waals surface area contributed by atoms with Gasteiger partial charge in [0.2, 0.25) is 0 Å². The fourth-order valence-corrected chi connectivity index (χ4v) is 1.54. The summed E-state index contributed by atoms with van der Waals surface area (Å²) in [6.45, 7) is 0. The number of benzene rings is 1. The first-order chi connectivity index (χ1) is 8.29. The van der Waals surface area contributed by atoms with Crippen molar-refractivity contribution in [1.82, 2.24) is 9.97 Å². The van der Waals surface area contributed by atoms with Crippen LogP contribution >= 0.6 is 0 Å². The number of anilines is 1. The fourth-order valence-electron chi connectivity index (χ4n) is 1.54. The standard InChI is InChI=1S/C13H12N4/c14-8-11-9-16-12(17-13(11)15)7-6-10-4-2-1-3-5-10/h1-5,9H,6-7H2,(H2,15,16,17). The van der Waals surface area contributed by atoms with Crippen LogP contribution in [0, 0.1) is 11.3 Å². The molecule has 0 aliphatic carbocycles. The normalized spacial score (nSPS) is 9.82. The maximum absolute atomic E-state index is 8.71. The molecule has 0 saturated carbocycles. The van der Waals surface area contributed by atoms with E-state index in [1.807, 2.05) is 24.3 Å². The van der Waals surface area contributed by atoms with Crippen molar-refractivity contribution in [3.8, 4) is 6.07 Å². The highest BCUT2D eigenvalue weighted by molar-refractivity contribution is 5.46. The zero-order valence-corrected chi connectivity index (χ0v) is 9.30. The molecule has 1 heterocycles. The molecule has 2 aromatic rings. The molecule has 1 aromatic carbocycles. The quantitative estimate of drug-likeness (QED) is 0.861. The number of hydrogen-bond donors (Lipinski definition) is 1. The molecular weight excluding hydrogens is 212 g/mol. The van der Waals surface area contributed by atoms with E-state index in [2.05, 4.69) is 22.1 Å². The molecule has 2 N–H and O–H groups in total. The Bertz CT molecular complexity index is 543. The second-order valence-electron chi connectivity index (χ2n) is 3.68. The zero-order valence-electron chi connectivity index (χ0n) is 9.30. The predicted molar refractivity (Wildman–Crippen MR) is 65.0 cm³/mol. The minimum absolute atomic E-state index is 0.255. The second kappa shape index (κ2) is 5.08. The Labute approximate surface area is 99.8 Å². The van der Waals surface area contributed by atoms with Crippen molar-refractivity contribution in [2.45, 2.75) is 12.8 Å². The molecule has 17 heavy (non-hydrogen) atoms. The Morgan fingerprint density at radius 1 is 1.18 bits per heavy atom. The van der Waals surface area contributed by atoms with E-state index in [9.17, 15) is 0 Å². The van der Waals surface area contributed by atoms with Gasteiger partial charge in [0.15, 0.2) is 0 Å². The minimum atomic E-state index is 0.255. The van der Waals surface area contributed by atoms with Crippen molar-refractivity contribution in [2.75, 3.05) is 5.73 Å². The molecule has 0 aliphatic heterocycles. The molecule has 2 rings (SSSR count). The molecule has 4 heteroatoms. The van der Waals surface area contributed by atoms with Crippen LogP contribution in [0.3, 0.4) is 0 Å². The van der Waals surface area contributed by atoms with Gasteiger partial charge in [-0.05, 0) is 12.0 Å². The molecule has 0 aliphatic rings. The third-order valence-corrected chi connectivity index (χ3v) is 2.47. The summed E-state index contributed by atoms with van der Waals surface area (Å²) in [6.07, 6.45) is 3.06. The van der Waals surface area contributed by atoms with Gasteiger partial charge < -0.3 is 5.73 Å². The highest BCUT2D eigenvalue weighted by Crippen LogP contribution is 2.08. The van der Waals surface area contributed by atoms with Crippen molar-refractivity contribution in [1.29, 1.82) is 5.26 Å². The largest absolute Gasteiger partial charge is 0.382 e. The molecular formula is C13H12N4. The van der Waals surface area contributed by atoms with Gasteiger partial charge >= 0.3 is 0 Å². The molecule has 0 unspecified atom stereocenters. The first kappa shape index (κ1) is 11.1. The Balaban J connectivity index is 2.06. The molecule has 0 fully saturated rings. The molecule has 84 valence electrons. The van der Waals surface area contributed by atoms with Gasteiger partial charge in [0.25, 0.3) is 0 Å². The van der Waals surface area contributed by atoms with E-state index in [0.29, 0.717) is 11.4 Å². The van der Waals surface area contributed by atoms with Crippen LogP contribution in [0.5, 0.6) is 0 Å². The maximum atomic E-state index is 8.71. The molecule has 0 saturated heterocycles. The number of nitrogen functional groups attached to an aromatic ring is 1. The monoisotopic (exact) mass is 224 g/mol. The third kappa shape index (κ3) is 2.79. The van der Waals surface area contributed by atoms with Crippen molar-refractivity contribution in [3.63, 3.8) is 0 Å². The van der Waals surface area contributed by atoms with Gasteiger partial charge in [0.05, 0.1) is 6.20 Å². The smallest absolute Gasteiger partial charge is 0.145 e. The van der Waals surface area contributed by atoms with E-state index in [1.54, 1.807) is 0 Å². The minimum Gasteiger partial charge on any atom is -0.382 e.